The molecule has 1 N–H and O–H groups in total. The standard InChI is InChI=1S/C22H26N4O2/c1-15-14-16(12-13-24(15)2)25(3)22(28)26-19-10-6-4-8-17(19)21(27)23-18-9-5-7-11-20(18)26/h4-11,15-16H,12-14H2,1-3H3,(H,23,27)/t15-,16-/m0/s1. The predicted molar refractivity (Wildman–Crippen MR) is 111 cm³/mol. The molecule has 28 heavy (non-hydrogen) atoms. The lowest BCUT2D eigenvalue weighted by Gasteiger charge is -2.41. The lowest BCUT2D eigenvalue weighted by Crippen LogP contribution is -2.51. The maximum atomic E-state index is 13.7. The number of benzene rings is 2. The molecule has 6 nitrogen and oxygen atoms in total. The van der Waals surface area contributed by atoms with Gasteiger partial charge in [-0.1, -0.05) is 24.3 Å². The molecule has 2 heterocycles. The van der Waals surface area contributed by atoms with Crippen LogP contribution in [0.2, 0.25) is 0 Å². The number of para-hydroxylation sites is 3. The molecule has 0 bridgehead atoms. The molecule has 146 valence electrons. The minimum absolute atomic E-state index is 0.113. The number of urea groups is 1. The molecule has 1 saturated heterocycles. The minimum atomic E-state index is -0.200. The molecule has 0 aliphatic carbocycles. The summed E-state index contributed by atoms with van der Waals surface area (Å²) in [4.78, 5) is 32.2. The molecule has 1 fully saturated rings. The van der Waals surface area contributed by atoms with Gasteiger partial charge in [0, 0.05) is 25.7 Å². The van der Waals surface area contributed by atoms with E-state index in [1.807, 2.05) is 54.4 Å². The van der Waals surface area contributed by atoms with Crippen LogP contribution in [0.1, 0.15) is 30.1 Å². The van der Waals surface area contributed by atoms with Gasteiger partial charge in [0.25, 0.3) is 5.91 Å². The van der Waals surface area contributed by atoms with E-state index in [2.05, 4.69) is 24.2 Å². The molecule has 0 aromatic heterocycles. The second-order valence-corrected chi connectivity index (χ2v) is 7.73. The summed E-state index contributed by atoms with van der Waals surface area (Å²) in [6, 6.07) is 15.2. The highest BCUT2D eigenvalue weighted by molar-refractivity contribution is 6.17. The highest BCUT2D eigenvalue weighted by Gasteiger charge is 2.34. The van der Waals surface area contributed by atoms with Gasteiger partial charge in [0.2, 0.25) is 0 Å². The van der Waals surface area contributed by atoms with Crippen molar-refractivity contribution in [3.8, 4) is 0 Å². The normalized spacial score (nSPS) is 22.0. The third kappa shape index (κ3) is 3.14. The van der Waals surface area contributed by atoms with Crippen molar-refractivity contribution in [3.63, 3.8) is 0 Å². The Bertz CT molecular complexity index is 913. The SMILES string of the molecule is C[C@H]1C[C@@H](N(C)C(=O)N2c3ccccc3NC(=O)c3ccccc32)CCN1C. The van der Waals surface area contributed by atoms with Crippen molar-refractivity contribution >= 4 is 29.0 Å². The average molecular weight is 378 g/mol. The molecule has 0 saturated carbocycles. The maximum absolute atomic E-state index is 13.7. The maximum Gasteiger partial charge on any atom is 0.329 e. The van der Waals surface area contributed by atoms with Crippen LogP contribution >= 0.6 is 0 Å². The van der Waals surface area contributed by atoms with Crippen LogP contribution in [0.3, 0.4) is 0 Å². The Labute approximate surface area is 165 Å². The van der Waals surface area contributed by atoms with E-state index in [0.29, 0.717) is 28.7 Å². The number of carbonyl (C=O) groups is 2. The summed E-state index contributed by atoms with van der Waals surface area (Å²) in [5, 5.41) is 2.94. The Morgan fingerprint density at radius 3 is 2.54 bits per heavy atom. The zero-order chi connectivity index (χ0) is 19.8. The fourth-order valence-corrected chi connectivity index (χ4v) is 4.09. The van der Waals surface area contributed by atoms with Gasteiger partial charge in [-0.2, -0.15) is 0 Å². The van der Waals surface area contributed by atoms with Gasteiger partial charge in [0.15, 0.2) is 0 Å². The number of piperidine rings is 1. The molecule has 2 aliphatic heterocycles. The van der Waals surface area contributed by atoms with Gasteiger partial charge in [-0.15, -0.1) is 0 Å². The van der Waals surface area contributed by atoms with Gasteiger partial charge in [-0.05, 0) is 51.1 Å². The first kappa shape index (κ1) is 18.5. The van der Waals surface area contributed by atoms with Crippen molar-refractivity contribution in [1.82, 2.24) is 9.80 Å². The van der Waals surface area contributed by atoms with Crippen molar-refractivity contribution in [2.24, 2.45) is 0 Å². The predicted octanol–water partition coefficient (Wildman–Crippen LogP) is 3.92. The molecule has 3 amide bonds. The molecular weight excluding hydrogens is 352 g/mol. The quantitative estimate of drug-likeness (QED) is 0.818. The summed E-state index contributed by atoms with van der Waals surface area (Å²) in [5.74, 6) is -0.200. The number of rotatable bonds is 1. The third-order valence-electron chi connectivity index (χ3n) is 6.00. The van der Waals surface area contributed by atoms with Crippen LogP contribution in [0.4, 0.5) is 21.9 Å². The largest absolute Gasteiger partial charge is 0.329 e. The first-order chi connectivity index (χ1) is 13.5. The van der Waals surface area contributed by atoms with Crippen LogP contribution in [0.15, 0.2) is 48.5 Å². The second-order valence-electron chi connectivity index (χ2n) is 7.73. The zero-order valence-electron chi connectivity index (χ0n) is 16.6. The van der Waals surface area contributed by atoms with Crippen LogP contribution in [-0.2, 0) is 0 Å². The van der Waals surface area contributed by atoms with E-state index in [4.69, 9.17) is 0 Å². The summed E-state index contributed by atoms with van der Waals surface area (Å²) in [6.45, 7) is 3.17. The molecule has 2 aromatic carbocycles. The number of carbonyl (C=O) groups excluding carboxylic acids is 2. The van der Waals surface area contributed by atoms with Crippen LogP contribution in [0, 0.1) is 0 Å². The second kappa shape index (κ2) is 7.28. The summed E-state index contributed by atoms with van der Waals surface area (Å²) in [7, 11) is 4.00. The van der Waals surface area contributed by atoms with Crippen LogP contribution in [-0.4, -0.2) is 54.5 Å². The number of fused-ring (bicyclic) bond motifs is 2. The smallest absolute Gasteiger partial charge is 0.324 e. The molecule has 4 rings (SSSR count). The lowest BCUT2D eigenvalue weighted by molar-refractivity contribution is 0.102. The van der Waals surface area contributed by atoms with Crippen molar-refractivity contribution in [3.05, 3.63) is 54.1 Å². The number of hydrogen-bond acceptors (Lipinski definition) is 3. The Morgan fingerprint density at radius 2 is 1.79 bits per heavy atom. The van der Waals surface area contributed by atoms with E-state index in [9.17, 15) is 9.59 Å². The van der Waals surface area contributed by atoms with Gasteiger partial charge in [-0.3, -0.25) is 9.69 Å². The van der Waals surface area contributed by atoms with Crippen molar-refractivity contribution in [2.45, 2.75) is 31.8 Å². The third-order valence-corrected chi connectivity index (χ3v) is 6.00. The molecule has 2 atom stereocenters. The molecule has 2 aliphatic rings. The lowest BCUT2D eigenvalue weighted by atomic mass is 9.98. The van der Waals surface area contributed by atoms with E-state index < -0.39 is 0 Å². The highest BCUT2D eigenvalue weighted by Crippen LogP contribution is 2.38. The molecule has 6 heteroatoms. The molecule has 0 spiro atoms. The Morgan fingerprint density at radius 1 is 1.11 bits per heavy atom. The van der Waals surface area contributed by atoms with Gasteiger partial charge in [-0.25, -0.2) is 4.79 Å². The van der Waals surface area contributed by atoms with E-state index >= 15 is 0 Å². The number of nitrogens with one attached hydrogen (secondary N) is 1. The minimum Gasteiger partial charge on any atom is -0.324 e. The van der Waals surface area contributed by atoms with Gasteiger partial charge < -0.3 is 15.1 Å². The van der Waals surface area contributed by atoms with Crippen LogP contribution in [0.25, 0.3) is 0 Å². The van der Waals surface area contributed by atoms with Gasteiger partial charge >= 0.3 is 6.03 Å². The Kier molecular flexibility index (Phi) is 4.81. The first-order valence-electron chi connectivity index (χ1n) is 9.74. The highest BCUT2D eigenvalue weighted by atomic mass is 16.2. The summed E-state index contributed by atoms with van der Waals surface area (Å²) in [6.07, 6.45) is 1.88. The number of nitrogens with zero attached hydrogens (tertiary/aromatic N) is 3. The fourth-order valence-electron chi connectivity index (χ4n) is 4.09. The molecular formula is C22H26N4O2. The van der Waals surface area contributed by atoms with Gasteiger partial charge in [0.1, 0.15) is 0 Å². The number of amides is 3. The summed E-state index contributed by atoms with van der Waals surface area (Å²) < 4.78 is 0. The number of likely N-dealkylation sites (tertiary alicyclic amines) is 1. The van der Waals surface area contributed by atoms with Crippen molar-refractivity contribution in [2.75, 3.05) is 30.9 Å². The Hall–Kier alpha value is -2.86. The first-order valence-corrected chi connectivity index (χ1v) is 9.74. The summed E-state index contributed by atoms with van der Waals surface area (Å²) >= 11 is 0. The van der Waals surface area contributed by atoms with Crippen molar-refractivity contribution < 1.29 is 9.59 Å². The molecule has 2 aromatic rings. The van der Waals surface area contributed by atoms with E-state index in [1.54, 1.807) is 11.0 Å². The van der Waals surface area contributed by atoms with E-state index in [1.165, 1.54) is 0 Å². The molecule has 0 unspecified atom stereocenters. The van der Waals surface area contributed by atoms with Gasteiger partial charge in [0.05, 0.1) is 22.6 Å². The fraction of sp³-hybridized carbons (Fsp3) is 0.364. The van der Waals surface area contributed by atoms with Crippen LogP contribution < -0.4 is 10.2 Å². The number of anilines is 3. The summed E-state index contributed by atoms with van der Waals surface area (Å²) in [5.41, 5.74) is 2.45. The topological polar surface area (TPSA) is 55.9 Å². The average Bonchev–Trinajstić information content (AvgIpc) is 2.83. The van der Waals surface area contributed by atoms with E-state index in [-0.39, 0.29) is 18.0 Å². The number of hydrogen-bond donors (Lipinski definition) is 1. The zero-order valence-corrected chi connectivity index (χ0v) is 16.6. The monoisotopic (exact) mass is 378 g/mol. The Balaban J connectivity index is 1.75. The van der Waals surface area contributed by atoms with Crippen LogP contribution in [0.5, 0.6) is 0 Å². The van der Waals surface area contributed by atoms with E-state index in [0.717, 1.165) is 19.4 Å². The van der Waals surface area contributed by atoms with Crippen molar-refractivity contribution in [1.29, 1.82) is 0 Å². The molecule has 0 radical (unpaired) electrons.